The summed E-state index contributed by atoms with van der Waals surface area (Å²) in [6, 6.07) is 5.64. The van der Waals surface area contributed by atoms with Crippen molar-refractivity contribution >= 4 is 37.9 Å². The Labute approximate surface area is 103 Å². The van der Waals surface area contributed by atoms with E-state index in [9.17, 15) is 0 Å². The first-order chi connectivity index (χ1) is 7.74. The number of halogens is 1. The lowest BCUT2D eigenvalue weighted by molar-refractivity contribution is 0.959. The number of aromatic nitrogens is 4. The maximum absolute atomic E-state index is 5.76. The molecule has 0 bridgehead atoms. The molecule has 0 amide bonds. The molecule has 3 aromatic rings. The standard InChI is InChI=1S/C9H6BrN5S/c10-7-2-1-5(11)3-6(7)8-14-15-4-12-13-9(15)16-8/h1-4H,11H2. The van der Waals surface area contributed by atoms with E-state index in [0.29, 0.717) is 5.69 Å². The molecule has 0 radical (unpaired) electrons. The summed E-state index contributed by atoms with van der Waals surface area (Å²) in [7, 11) is 0. The van der Waals surface area contributed by atoms with Crippen LogP contribution in [-0.4, -0.2) is 19.8 Å². The molecule has 2 N–H and O–H groups in total. The Morgan fingerprint density at radius 3 is 3.06 bits per heavy atom. The molecule has 0 unspecified atom stereocenters. The van der Waals surface area contributed by atoms with Gasteiger partial charge < -0.3 is 5.73 Å². The molecule has 2 heterocycles. The van der Waals surface area contributed by atoms with Gasteiger partial charge in [0, 0.05) is 15.7 Å². The van der Waals surface area contributed by atoms with Crippen LogP contribution in [-0.2, 0) is 0 Å². The largest absolute Gasteiger partial charge is 0.399 e. The smallest absolute Gasteiger partial charge is 0.234 e. The van der Waals surface area contributed by atoms with Crippen LogP contribution >= 0.6 is 27.3 Å². The fourth-order valence-electron chi connectivity index (χ4n) is 1.38. The van der Waals surface area contributed by atoms with Crippen LogP contribution in [0.3, 0.4) is 0 Å². The lowest BCUT2D eigenvalue weighted by atomic mass is 10.2. The lowest BCUT2D eigenvalue weighted by Crippen LogP contribution is -1.87. The average Bonchev–Trinajstić information content (AvgIpc) is 2.81. The van der Waals surface area contributed by atoms with Gasteiger partial charge in [0.05, 0.1) is 0 Å². The van der Waals surface area contributed by atoms with Crippen molar-refractivity contribution in [3.05, 3.63) is 29.0 Å². The second-order valence-electron chi connectivity index (χ2n) is 3.20. The molecular weight excluding hydrogens is 290 g/mol. The maximum atomic E-state index is 5.76. The van der Waals surface area contributed by atoms with Gasteiger partial charge in [0.25, 0.3) is 0 Å². The topological polar surface area (TPSA) is 69.1 Å². The summed E-state index contributed by atoms with van der Waals surface area (Å²) in [5.74, 6) is 0. The first kappa shape index (κ1) is 9.73. The molecule has 5 nitrogen and oxygen atoms in total. The van der Waals surface area contributed by atoms with Gasteiger partial charge in [-0.2, -0.15) is 9.61 Å². The van der Waals surface area contributed by atoms with Gasteiger partial charge in [0.1, 0.15) is 11.3 Å². The summed E-state index contributed by atoms with van der Waals surface area (Å²) < 4.78 is 2.61. The van der Waals surface area contributed by atoms with Crippen molar-refractivity contribution in [1.29, 1.82) is 0 Å². The number of rotatable bonds is 1. The van der Waals surface area contributed by atoms with Gasteiger partial charge in [-0.15, -0.1) is 10.2 Å². The van der Waals surface area contributed by atoms with Crippen molar-refractivity contribution in [1.82, 2.24) is 19.8 Å². The van der Waals surface area contributed by atoms with Gasteiger partial charge in [-0.25, -0.2) is 0 Å². The van der Waals surface area contributed by atoms with Gasteiger partial charge in [-0.1, -0.05) is 27.3 Å². The fraction of sp³-hybridized carbons (Fsp3) is 0. The van der Waals surface area contributed by atoms with Crippen LogP contribution in [0.25, 0.3) is 15.5 Å². The van der Waals surface area contributed by atoms with Crippen molar-refractivity contribution in [2.45, 2.75) is 0 Å². The SMILES string of the molecule is Nc1ccc(Br)c(-c2nn3cnnc3s2)c1. The van der Waals surface area contributed by atoms with Crippen LogP contribution in [0, 0.1) is 0 Å². The number of anilines is 1. The Morgan fingerprint density at radius 1 is 1.38 bits per heavy atom. The number of benzene rings is 1. The number of nitrogens with two attached hydrogens (primary N) is 1. The third-order valence-electron chi connectivity index (χ3n) is 2.11. The van der Waals surface area contributed by atoms with E-state index in [-0.39, 0.29) is 0 Å². The van der Waals surface area contributed by atoms with Gasteiger partial charge in [-0.3, -0.25) is 0 Å². The number of nitrogens with zero attached hydrogens (tertiary/aromatic N) is 4. The molecule has 0 aliphatic heterocycles. The quantitative estimate of drug-likeness (QED) is 0.699. The summed E-state index contributed by atoms with van der Waals surface area (Å²) in [5, 5.41) is 12.9. The van der Waals surface area contributed by atoms with Crippen LogP contribution in [0.2, 0.25) is 0 Å². The highest BCUT2D eigenvalue weighted by molar-refractivity contribution is 9.10. The minimum atomic E-state index is 0.712. The minimum Gasteiger partial charge on any atom is -0.399 e. The molecule has 0 spiro atoms. The molecule has 0 atom stereocenters. The van der Waals surface area contributed by atoms with E-state index in [1.54, 1.807) is 10.8 Å². The average molecular weight is 296 g/mol. The van der Waals surface area contributed by atoms with E-state index in [1.165, 1.54) is 11.3 Å². The highest BCUT2D eigenvalue weighted by Gasteiger charge is 2.10. The van der Waals surface area contributed by atoms with Crippen molar-refractivity contribution in [3.8, 4) is 10.6 Å². The Morgan fingerprint density at radius 2 is 2.25 bits per heavy atom. The minimum absolute atomic E-state index is 0.712. The maximum Gasteiger partial charge on any atom is 0.234 e. The molecule has 0 saturated carbocycles. The van der Waals surface area contributed by atoms with Crippen LogP contribution in [0.5, 0.6) is 0 Å². The normalized spacial score (nSPS) is 11.1. The van der Waals surface area contributed by atoms with E-state index < -0.39 is 0 Å². The Bertz CT molecular complexity index is 630. The first-order valence-electron chi connectivity index (χ1n) is 4.46. The summed E-state index contributed by atoms with van der Waals surface area (Å²) >= 11 is 4.95. The molecule has 16 heavy (non-hydrogen) atoms. The van der Waals surface area contributed by atoms with Crippen LogP contribution < -0.4 is 5.73 Å². The highest BCUT2D eigenvalue weighted by atomic mass is 79.9. The zero-order chi connectivity index (χ0) is 11.1. The third-order valence-corrected chi connectivity index (χ3v) is 3.75. The molecule has 1 aromatic carbocycles. The summed E-state index contributed by atoms with van der Waals surface area (Å²) in [4.78, 5) is 0.768. The van der Waals surface area contributed by atoms with Crippen LogP contribution in [0.1, 0.15) is 0 Å². The van der Waals surface area contributed by atoms with E-state index >= 15 is 0 Å². The number of hydrogen-bond acceptors (Lipinski definition) is 5. The molecule has 2 aromatic heterocycles. The summed E-state index contributed by atoms with van der Waals surface area (Å²) in [6.07, 6.45) is 1.58. The van der Waals surface area contributed by atoms with E-state index in [4.69, 9.17) is 5.73 Å². The fourth-order valence-corrected chi connectivity index (χ4v) is 2.79. The van der Waals surface area contributed by atoms with Crippen molar-refractivity contribution in [2.24, 2.45) is 0 Å². The summed E-state index contributed by atoms with van der Waals surface area (Å²) in [5.41, 5.74) is 7.44. The molecule has 7 heteroatoms. The van der Waals surface area contributed by atoms with Crippen LogP contribution in [0.4, 0.5) is 5.69 Å². The number of fused-ring (bicyclic) bond motifs is 1. The number of nitrogen functional groups attached to an aromatic ring is 1. The van der Waals surface area contributed by atoms with Gasteiger partial charge >= 0.3 is 0 Å². The second-order valence-corrected chi connectivity index (χ2v) is 5.01. The Balaban J connectivity index is 2.22. The van der Waals surface area contributed by atoms with E-state index in [2.05, 4.69) is 31.2 Å². The molecule has 0 saturated heterocycles. The first-order valence-corrected chi connectivity index (χ1v) is 6.07. The van der Waals surface area contributed by atoms with Gasteiger partial charge in [0.15, 0.2) is 0 Å². The zero-order valence-electron chi connectivity index (χ0n) is 7.96. The molecule has 0 fully saturated rings. The predicted molar refractivity (Wildman–Crippen MR) is 66.2 cm³/mol. The van der Waals surface area contributed by atoms with Crippen molar-refractivity contribution in [2.75, 3.05) is 5.73 Å². The zero-order valence-corrected chi connectivity index (χ0v) is 10.4. The monoisotopic (exact) mass is 295 g/mol. The van der Waals surface area contributed by atoms with E-state index in [0.717, 1.165) is 20.0 Å². The molecule has 80 valence electrons. The third kappa shape index (κ3) is 1.48. The predicted octanol–water partition coefficient (Wildman–Crippen LogP) is 2.20. The van der Waals surface area contributed by atoms with Crippen molar-refractivity contribution in [3.63, 3.8) is 0 Å². The lowest BCUT2D eigenvalue weighted by Gasteiger charge is -2.00. The molecule has 3 rings (SSSR count). The second kappa shape index (κ2) is 3.53. The Hall–Kier alpha value is -1.47. The Kier molecular flexibility index (Phi) is 2.15. The molecule has 0 aliphatic rings. The highest BCUT2D eigenvalue weighted by Crippen LogP contribution is 2.32. The van der Waals surface area contributed by atoms with Gasteiger partial charge in [0.2, 0.25) is 4.96 Å². The number of hydrogen-bond donors (Lipinski definition) is 1. The van der Waals surface area contributed by atoms with E-state index in [1.807, 2.05) is 18.2 Å². The molecule has 0 aliphatic carbocycles. The van der Waals surface area contributed by atoms with Crippen LogP contribution in [0.15, 0.2) is 29.0 Å². The summed E-state index contributed by atoms with van der Waals surface area (Å²) in [6.45, 7) is 0. The molecular formula is C9H6BrN5S. The van der Waals surface area contributed by atoms with Crippen molar-refractivity contribution < 1.29 is 0 Å². The van der Waals surface area contributed by atoms with Gasteiger partial charge in [-0.05, 0) is 18.2 Å².